The van der Waals surface area contributed by atoms with E-state index >= 15 is 0 Å². The van der Waals surface area contributed by atoms with Gasteiger partial charge >= 0.3 is 0 Å². The zero-order chi connectivity index (χ0) is 14.4. The SMILES string of the molecule is N#Cc1cccc(OCC(O)CNCC2CC(O)C2)c1. The summed E-state index contributed by atoms with van der Waals surface area (Å²) in [6.07, 6.45) is 0.967. The molecule has 2 rings (SSSR count). The lowest BCUT2D eigenvalue weighted by atomic mass is 9.82. The molecule has 0 heterocycles. The highest BCUT2D eigenvalue weighted by Gasteiger charge is 2.26. The predicted octanol–water partition coefficient (Wildman–Crippen LogP) is 0.658. The molecular formula is C15H20N2O3. The van der Waals surface area contributed by atoms with Crippen molar-refractivity contribution in [1.29, 1.82) is 5.26 Å². The van der Waals surface area contributed by atoms with Crippen molar-refractivity contribution >= 4 is 0 Å². The molecular weight excluding hydrogens is 256 g/mol. The Morgan fingerprint density at radius 3 is 2.95 bits per heavy atom. The second-order valence-electron chi connectivity index (χ2n) is 5.25. The summed E-state index contributed by atoms with van der Waals surface area (Å²) in [4.78, 5) is 0. The maximum Gasteiger partial charge on any atom is 0.120 e. The van der Waals surface area contributed by atoms with Gasteiger partial charge in [-0.15, -0.1) is 0 Å². The Kier molecular flexibility index (Phi) is 5.36. The fourth-order valence-electron chi connectivity index (χ4n) is 2.23. The molecule has 1 atom stereocenters. The molecule has 20 heavy (non-hydrogen) atoms. The topological polar surface area (TPSA) is 85.5 Å². The fraction of sp³-hybridized carbons (Fsp3) is 0.533. The van der Waals surface area contributed by atoms with Crippen LogP contribution in [0.15, 0.2) is 24.3 Å². The van der Waals surface area contributed by atoms with Crippen molar-refractivity contribution in [3.05, 3.63) is 29.8 Å². The minimum atomic E-state index is -0.592. The van der Waals surface area contributed by atoms with E-state index in [1.54, 1.807) is 24.3 Å². The molecule has 0 amide bonds. The summed E-state index contributed by atoms with van der Waals surface area (Å²) in [6, 6.07) is 8.91. The molecule has 1 saturated carbocycles. The number of nitriles is 1. The third-order valence-corrected chi connectivity index (χ3v) is 3.43. The van der Waals surface area contributed by atoms with Crippen LogP contribution >= 0.6 is 0 Å². The van der Waals surface area contributed by atoms with Crippen LogP contribution in [0.2, 0.25) is 0 Å². The van der Waals surface area contributed by atoms with Gasteiger partial charge in [0.05, 0.1) is 17.7 Å². The van der Waals surface area contributed by atoms with Crippen LogP contribution < -0.4 is 10.1 Å². The van der Waals surface area contributed by atoms with Crippen LogP contribution in [-0.2, 0) is 0 Å². The Labute approximate surface area is 118 Å². The van der Waals surface area contributed by atoms with E-state index in [0.717, 1.165) is 19.4 Å². The van der Waals surface area contributed by atoms with Crippen molar-refractivity contribution in [3.8, 4) is 11.8 Å². The zero-order valence-corrected chi connectivity index (χ0v) is 11.3. The molecule has 1 aliphatic rings. The molecule has 0 aliphatic heterocycles. The summed E-state index contributed by atoms with van der Waals surface area (Å²) in [5.41, 5.74) is 0.540. The van der Waals surface area contributed by atoms with Crippen LogP contribution in [0.1, 0.15) is 18.4 Å². The Balaban J connectivity index is 1.62. The van der Waals surface area contributed by atoms with E-state index in [1.807, 2.05) is 6.07 Å². The second kappa shape index (κ2) is 7.25. The van der Waals surface area contributed by atoms with Crippen LogP contribution in [0.4, 0.5) is 0 Å². The number of nitrogens with zero attached hydrogens (tertiary/aromatic N) is 1. The van der Waals surface area contributed by atoms with Gasteiger partial charge in [0.15, 0.2) is 0 Å². The van der Waals surface area contributed by atoms with Gasteiger partial charge in [-0.2, -0.15) is 5.26 Å². The summed E-state index contributed by atoms with van der Waals surface area (Å²) in [6.45, 7) is 1.47. The highest BCUT2D eigenvalue weighted by molar-refractivity contribution is 5.36. The van der Waals surface area contributed by atoms with Gasteiger partial charge < -0.3 is 20.3 Å². The summed E-state index contributed by atoms with van der Waals surface area (Å²) < 4.78 is 5.44. The van der Waals surface area contributed by atoms with Gasteiger partial charge in [0.2, 0.25) is 0 Å². The van der Waals surface area contributed by atoms with Gasteiger partial charge in [-0.05, 0) is 43.5 Å². The molecule has 1 unspecified atom stereocenters. The Morgan fingerprint density at radius 2 is 2.25 bits per heavy atom. The Morgan fingerprint density at radius 1 is 1.45 bits per heavy atom. The van der Waals surface area contributed by atoms with Crippen molar-refractivity contribution in [1.82, 2.24) is 5.32 Å². The van der Waals surface area contributed by atoms with Crippen molar-refractivity contribution in [3.63, 3.8) is 0 Å². The molecule has 1 aromatic carbocycles. The summed E-state index contributed by atoms with van der Waals surface area (Å²) in [5.74, 6) is 1.11. The van der Waals surface area contributed by atoms with E-state index in [0.29, 0.717) is 23.8 Å². The summed E-state index contributed by atoms with van der Waals surface area (Å²) in [5, 5.41) is 30.9. The number of ether oxygens (including phenoxy) is 1. The first-order valence-corrected chi connectivity index (χ1v) is 6.87. The third-order valence-electron chi connectivity index (χ3n) is 3.43. The van der Waals surface area contributed by atoms with Crippen LogP contribution in [0.5, 0.6) is 5.75 Å². The highest BCUT2D eigenvalue weighted by Crippen LogP contribution is 2.25. The minimum Gasteiger partial charge on any atom is -0.491 e. The highest BCUT2D eigenvalue weighted by atomic mass is 16.5. The van der Waals surface area contributed by atoms with Crippen LogP contribution in [-0.4, -0.2) is 42.1 Å². The van der Waals surface area contributed by atoms with Gasteiger partial charge in [-0.1, -0.05) is 6.07 Å². The molecule has 0 aromatic heterocycles. The molecule has 1 aromatic rings. The first-order valence-electron chi connectivity index (χ1n) is 6.87. The zero-order valence-electron chi connectivity index (χ0n) is 11.3. The molecule has 0 spiro atoms. The maximum atomic E-state index is 9.79. The molecule has 1 fully saturated rings. The van der Waals surface area contributed by atoms with Gasteiger partial charge in [0.1, 0.15) is 18.5 Å². The summed E-state index contributed by atoms with van der Waals surface area (Å²) in [7, 11) is 0. The van der Waals surface area contributed by atoms with Crippen molar-refractivity contribution in [2.75, 3.05) is 19.7 Å². The van der Waals surface area contributed by atoms with Crippen molar-refractivity contribution in [2.24, 2.45) is 5.92 Å². The molecule has 5 nitrogen and oxygen atoms in total. The number of aliphatic hydroxyl groups is 2. The largest absolute Gasteiger partial charge is 0.491 e. The third kappa shape index (κ3) is 4.49. The standard InChI is InChI=1S/C15H20N2O3/c16-7-11-2-1-3-15(6-11)20-10-14(19)9-17-8-12-4-13(18)5-12/h1-3,6,12-14,17-19H,4-5,8-10H2. The van der Waals surface area contributed by atoms with E-state index in [-0.39, 0.29) is 12.7 Å². The lowest BCUT2D eigenvalue weighted by Gasteiger charge is -2.31. The molecule has 0 bridgehead atoms. The number of hydrogen-bond donors (Lipinski definition) is 3. The summed E-state index contributed by atoms with van der Waals surface area (Å²) >= 11 is 0. The first-order chi connectivity index (χ1) is 9.67. The Hall–Kier alpha value is -1.61. The number of rotatable bonds is 7. The molecule has 1 aliphatic carbocycles. The smallest absolute Gasteiger partial charge is 0.120 e. The van der Waals surface area contributed by atoms with E-state index < -0.39 is 6.10 Å². The molecule has 108 valence electrons. The van der Waals surface area contributed by atoms with Gasteiger partial charge in [0.25, 0.3) is 0 Å². The normalized spacial score (nSPS) is 22.6. The average molecular weight is 276 g/mol. The first kappa shape index (κ1) is 14.8. The lowest BCUT2D eigenvalue weighted by Crippen LogP contribution is -2.39. The van der Waals surface area contributed by atoms with Crippen LogP contribution in [0.25, 0.3) is 0 Å². The van der Waals surface area contributed by atoms with E-state index in [4.69, 9.17) is 15.1 Å². The maximum absolute atomic E-state index is 9.79. The number of hydrogen-bond acceptors (Lipinski definition) is 5. The lowest BCUT2D eigenvalue weighted by molar-refractivity contribution is 0.0400. The molecule has 5 heteroatoms. The Bertz CT molecular complexity index is 466. The predicted molar refractivity (Wildman–Crippen MR) is 74.3 cm³/mol. The molecule has 0 radical (unpaired) electrons. The van der Waals surface area contributed by atoms with Gasteiger partial charge in [-0.25, -0.2) is 0 Å². The van der Waals surface area contributed by atoms with Gasteiger partial charge in [-0.3, -0.25) is 0 Å². The quantitative estimate of drug-likeness (QED) is 0.681. The van der Waals surface area contributed by atoms with Gasteiger partial charge in [0, 0.05) is 6.54 Å². The number of benzene rings is 1. The average Bonchev–Trinajstić information content (AvgIpc) is 2.43. The fourth-order valence-corrected chi connectivity index (χ4v) is 2.23. The van der Waals surface area contributed by atoms with Crippen LogP contribution in [0.3, 0.4) is 0 Å². The minimum absolute atomic E-state index is 0.137. The number of aliphatic hydroxyl groups excluding tert-OH is 2. The van der Waals surface area contributed by atoms with Crippen molar-refractivity contribution < 1.29 is 14.9 Å². The van der Waals surface area contributed by atoms with Crippen molar-refractivity contribution in [2.45, 2.75) is 25.0 Å². The van der Waals surface area contributed by atoms with E-state index in [9.17, 15) is 5.11 Å². The second-order valence-corrected chi connectivity index (χ2v) is 5.25. The van der Waals surface area contributed by atoms with E-state index in [1.165, 1.54) is 0 Å². The molecule has 0 saturated heterocycles. The monoisotopic (exact) mass is 276 g/mol. The van der Waals surface area contributed by atoms with E-state index in [2.05, 4.69) is 5.32 Å². The van der Waals surface area contributed by atoms with Crippen LogP contribution in [0, 0.1) is 17.2 Å². The molecule has 3 N–H and O–H groups in total. The number of nitrogens with one attached hydrogen (secondary N) is 1.